The fourth-order valence-corrected chi connectivity index (χ4v) is 4.94. The van der Waals surface area contributed by atoms with Crippen molar-refractivity contribution in [3.8, 4) is 11.1 Å². The van der Waals surface area contributed by atoms with Gasteiger partial charge in [0.25, 0.3) is 5.91 Å². The van der Waals surface area contributed by atoms with Crippen molar-refractivity contribution in [3.05, 3.63) is 100 Å². The molecule has 1 heterocycles. The van der Waals surface area contributed by atoms with Crippen LogP contribution in [0.5, 0.6) is 0 Å². The van der Waals surface area contributed by atoms with Crippen LogP contribution >= 0.6 is 0 Å². The van der Waals surface area contributed by atoms with E-state index in [2.05, 4.69) is 43.1 Å². The van der Waals surface area contributed by atoms with E-state index in [-0.39, 0.29) is 5.91 Å². The molecule has 2 N–H and O–H groups in total. The highest BCUT2D eigenvalue weighted by Crippen LogP contribution is 2.27. The van der Waals surface area contributed by atoms with Crippen molar-refractivity contribution < 1.29 is 19.4 Å². The van der Waals surface area contributed by atoms with Crippen LogP contribution in [0.3, 0.4) is 0 Å². The Labute approximate surface area is 231 Å². The van der Waals surface area contributed by atoms with Gasteiger partial charge in [0.15, 0.2) is 0 Å². The highest BCUT2D eigenvalue weighted by molar-refractivity contribution is 5.96. The summed E-state index contributed by atoms with van der Waals surface area (Å²) in [5.74, 6) is -0.963. The molecule has 0 saturated carbocycles. The first kappa shape index (κ1) is 28.3. The van der Waals surface area contributed by atoms with E-state index in [1.165, 1.54) is 16.7 Å². The van der Waals surface area contributed by atoms with Gasteiger partial charge in [-0.25, -0.2) is 4.79 Å². The molecule has 0 aliphatic carbocycles. The topological polar surface area (TPSA) is 78.9 Å². The molecule has 204 valence electrons. The Balaban J connectivity index is 1.38. The highest BCUT2D eigenvalue weighted by Gasteiger charge is 2.14. The Morgan fingerprint density at radius 3 is 2.38 bits per heavy atom. The third-order valence-corrected chi connectivity index (χ3v) is 7.57. The van der Waals surface area contributed by atoms with Crippen molar-refractivity contribution in [3.63, 3.8) is 0 Å². The fourth-order valence-electron chi connectivity index (χ4n) is 4.94. The molecular weight excluding hydrogens is 488 g/mol. The summed E-state index contributed by atoms with van der Waals surface area (Å²) < 4.78 is 5.39. The zero-order valence-electron chi connectivity index (χ0n) is 23.1. The van der Waals surface area contributed by atoms with E-state index in [1.807, 2.05) is 42.5 Å². The number of aryl methyl sites for hydroxylation is 2. The fraction of sp³-hybridized carbons (Fsp3) is 0.333. The van der Waals surface area contributed by atoms with Gasteiger partial charge < -0.3 is 15.2 Å². The predicted octanol–water partition coefficient (Wildman–Crippen LogP) is 5.85. The van der Waals surface area contributed by atoms with Gasteiger partial charge in [-0.15, -0.1) is 0 Å². The molecule has 4 rings (SSSR count). The van der Waals surface area contributed by atoms with Crippen LogP contribution in [0.25, 0.3) is 16.7 Å². The Bertz CT molecular complexity index is 1340. The van der Waals surface area contributed by atoms with Gasteiger partial charge in [-0.1, -0.05) is 54.1 Å². The van der Waals surface area contributed by atoms with Crippen LogP contribution in [-0.4, -0.2) is 61.3 Å². The number of rotatable bonds is 10. The molecule has 1 aliphatic rings. The van der Waals surface area contributed by atoms with Crippen LogP contribution in [-0.2, 0) is 11.2 Å². The summed E-state index contributed by atoms with van der Waals surface area (Å²) in [6.07, 6.45) is 1.77. The van der Waals surface area contributed by atoms with Gasteiger partial charge in [0.2, 0.25) is 0 Å². The van der Waals surface area contributed by atoms with Gasteiger partial charge in [0.05, 0.1) is 18.8 Å². The molecule has 0 unspecified atom stereocenters. The molecule has 3 aromatic carbocycles. The maximum atomic E-state index is 12.8. The standard InChI is InChI=1S/C33H38N2O4/c1-23(8-10-26-11-14-27(15-12-26)29-6-4-5-7-30(29)33(37)38)25(3)31-22-28(13-9-24(31)2)32(36)34-16-17-35-18-20-39-21-19-35/h4-7,9,11-15,22H,8,10,16-21H2,1-3H3,(H,34,36)(H,37,38)/b25-23-. The second-order valence-corrected chi connectivity index (χ2v) is 10.2. The Morgan fingerprint density at radius 2 is 1.67 bits per heavy atom. The Hall–Kier alpha value is -3.74. The van der Waals surface area contributed by atoms with Crippen LogP contribution < -0.4 is 5.32 Å². The minimum absolute atomic E-state index is 0.0421. The van der Waals surface area contributed by atoms with Gasteiger partial charge in [0.1, 0.15) is 0 Å². The van der Waals surface area contributed by atoms with Crippen molar-refractivity contribution >= 4 is 17.4 Å². The number of nitrogens with zero attached hydrogens (tertiary/aromatic N) is 1. The molecule has 1 saturated heterocycles. The number of carbonyl (C=O) groups excluding carboxylic acids is 1. The maximum Gasteiger partial charge on any atom is 0.336 e. The van der Waals surface area contributed by atoms with Crippen LogP contribution in [0.2, 0.25) is 0 Å². The molecule has 6 heteroatoms. The lowest BCUT2D eigenvalue weighted by Gasteiger charge is -2.26. The van der Waals surface area contributed by atoms with Crippen molar-refractivity contribution in [2.24, 2.45) is 0 Å². The van der Waals surface area contributed by atoms with Crippen molar-refractivity contribution in [1.82, 2.24) is 10.2 Å². The first-order valence-corrected chi connectivity index (χ1v) is 13.6. The molecule has 0 atom stereocenters. The van der Waals surface area contributed by atoms with Crippen molar-refractivity contribution in [1.29, 1.82) is 0 Å². The second-order valence-electron chi connectivity index (χ2n) is 10.2. The molecule has 0 aromatic heterocycles. The number of carboxylic acids is 1. The second kappa shape index (κ2) is 13.4. The number of carbonyl (C=O) groups is 2. The van der Waals surface area contributed by atoms with E-state index < -0.39 is 5.97 Å². The SMILES string of the molecule is C/C(CCc1ccc(-c2ccccc2C(=O)O)cc1)=C(\C)c1cc(C(=O)NCCN2CCOCC2)ccc1C. The normalized spacial score (nSPS) is 14.5. The number of ether oxygens (including phenoxy) is 1. The summed E-state index contributed by atoms with van der Waals surface area (Å²) in [5, 5.41) is 12.6. The monoisotopic (exact) mass is 526 g/mol. The lowest BCUT2D eigenvalue weighted by Crippen LogP contribution is -2.41. The Kier molecular flexibility index (Phi) is 9.69. The molecule has 6 nitrogen and oxygen atoms in total. The summed E-state index contributed by atoms with van der Waals surface area (Å²) in [6.45, 7) is 11.2. The van der Waals surface area contributed by atoms with Crippen molar-refractivity contribution in [2.45, 2.75) is 33.6 Å². The summed E-state index contributed by atoms with van der Waals surface area (Å²) in [4.78, 5) is 26.7. The van der Waals surface area contributed by atoms with E-state index >= 15 is 0 Å². The van der Waals surface area contributed by atoms with Crippen LogP contribution in [0.4, 0.5) is 0 Å². The minimum Gasteiger partial charge on any atom is -0.478 e. The number of hydrogen-bond donors (Lipinski definition) is 2. The zero-order valence-corrected chi connectivity index (χ0v) is 23.1. The third-order valence-electron chi connectivity index (χ3n) is 7.57. The smallest absolute Gasteiger partial charge is 0.336 e. The first-order chi connectivity index (χ1) is 18.8. The van der Waals surface area contributed by atoms with E-state index in [9.17, 15) is 14.7 Å². The first-order valence-electron chi connectivity index (χ1n) is 13.6. The molecule has 1 amide bonds. The predicted molar refractivity (Wildman–Crippen MR) is 156 cm³/mol. The van der Waals surface area contributed by atoms with Gasteiger partial charge in [-0.05, 0) is 85.2 Å². The number of amides is 1. The lowest BCUT2D eigenvalue weighted by molar-refractivity contribution is 0.0383. The van der Waals surface area contributed by atoms with Crippen LogP contribution in [0.15, 0.2) is 72.3 Å². The number of morpholine rings is 1. The van der Waals surface area contributed by atoms with Gasteiger partial charge >= 0.3 is 5.97 Å². The average Bonchev–Trinajstić information content (AvgIpc) is 2.96. The van der Waals surface area contributed by atoms with E-state index in [0.717, 1.165) is 67.9 Å². The lowest BCUT2D eigenvalue weighted by atomic mass is 9.92. The molecule has 1 fully saturated rings. The average molecular weight is 527 g/mol. The molecule has 0 bridgehead atoms. The summed E-state index contributed by atoms with van der Waals surface area (Å²) >= 11 is 0. The molecule has 0 radical (unpaired) electrons. The largest absolute Gasteiger partial charge is 0.478 e. The molecule has 1 aliphatic heterocycles. The molecule has 0 spiro atoms. The van der Waals surface area contributed by atoms with Gasteiger partial charge in [-0.3, -0.25) is 9.69 Å². The maximum absolute atomic E-state index is 12.8. The summed E-state index contributed by atoms with van der Waals surface area (Å²) in [6, 6.07) is 21.1. The molecule has 3 aromatic rings. The van der Waals surface area contributed by atoms with E-state index in [4.69, 9.17) is 4.74 Å². The Morgan fingerprint density at radius 1 is 0.949 bits per heavy atom. The summed E-state index contributed by atoms with van der Waals surface area (Å²) in [5.41, 5.74) is 8.55. The number of aromatic carboxylic acids is 1. The van der Waals surface area contributed by atoms with Gasteiger partial charge in [-0.2, -0.15) is 0 Å². The quantitative estimate of drug-likeness (QED) is 0.347. The van der Waals surface area contributed by atoms with Gasteiger partial charge in [0, 0.05) is 31.7 Å². The number of benzene rings is 3. The van der Waals surface area contributed by atoms with E-state index in [1.54, 1.807) is 12.1 Å². The number of nitrogens with one attached hydrogen (secondary N) is 1. The summed E-state index contributed by atoms with van der Waals surface area (Å²) in [7, 11) is 0. The molecular formula is C33H38N2O4. The minimum atomic E-state index is -0.921. The van der Waals surface area contributed by atoms with Crippen molar-refractivity contribution in [2.75, 3.05) is 39.4 Å². The molecule has 39 heavy (non-hydrogen) atoms. The number of carboxylic acid groups (broad SMARTS) is 1. The number of hydrogen-bond acceptors (Lipinski definition) is 4. The number of allylic oxidation sites excluding steroid dienone is 2. The third kappa shape index (κ3) is 7.43. The highest BCUT2D eigenvalue weighted by atomic mass is 16.5. The zero-order chi connectivity index (χ0) is 27.8. The van der Waals surface area contributed by atoms with Crippen LogP contribution in [0.1, 0.15) is 57.7 Å². The van der Waals surface area contributed by atoms with Crippen LogP contribution in [0, 0.1) is 6.92 Å². The van der Waals surface area contributed by atoms with E-state index in [0.29, 0.717) is 17.7 Å².